The Morgan fingerprint density at radius 3 is 2.53 bits per heavy atom. The molecule has 10 nitrogen and oxygen atoms in total. The Labute approximate surface area is 301 Å². The van der Waals surface area contributed by atoms with Crippen molar-refractivity contribution in [3.05, 3.63) is 82.8 Å². The lowest BCUT2D eigenvalue weighted by Crippen LogP contribution is -2.59. The number of thiophene rings is 1. The van der Waals surface area contributed by atoms with Gasteiger partial charge in [0.05, 0.1) is 16.8 Å². The molecule has 12 heteroatoms. The minimum Gasteiger partial charge on any atom is -0.444 e. The molecule has 1 atom stereocenters. The van der Waals surface area contributed by atoms with Crippen LogP contribution < -0.4 is 20.4 Å². The average molecular weight is 714 g/mol. The Morgan fingerprint density at radius 2 is 1.82 bits per heavy atom. The number of rotatable bonds is 5. The maximum Gasteiger partial charge on any atom is 0.412 e. The number of halogens is 1. The Hall–Kier alpha value is -4.55. The Bertz CT molecular complexity index is 1950. The van der Waals surface area contributed by atoms with Gasteiger partial charge in [-0.2, -0.15) is 0 Å². The van der Waals surface area contributed by atoms with E-state index in [0.717, 1.165) is 56.2 Å². The predicted octanol–water partition coefficient (Wildman–Crippen LogP) is 7.19. The van der Waals surface area contributed by atoms with Crippen LogP contribution in [0.5, 0.6) is 0 Å². The van der Waals surface area contributed by atoms with E-state index in [9.17, 15) is 14.4 Å². The summed E-state index contributed by atoms with van der Waals surface area (Å²) in [7, 11) is 0. The summed E-state index contributed by atoms with van der Waals surface area (Å²) in [4.78, 5) is 49.6. The molecule has 3 amide bonds. The topological polar surface area (TPSA) is 113 Å². The zero-order valence-electron chi connectivity index (χ0n) is 29.7. The van der Waals surface area contributed by atoms with Crippen molar-refractivity contribution in [2.45, 2.75) is 71.4 Å². The van der Waals surface area contributed by atoms with Gasteiger partial charge in [0.25, 0.3) is 11.8 Å². The second-order valence-corrected chi connectivity index (χ2v) is 16.3. The van der Waals surface area contributed by atoms with Crippen molar-refractivity contribution in [1.82, 2.24) is 10.3 Å². The number of benzene rings is 1. The maximum absolute atomic E-state index is 15.7. The SMILES string of the molecule is Cc1ccc(C(=O)NC2(C)C=CC(C(=O)N3CCc4c(sc(NC(=O)OC(C)(C)C)c4F)-c4ccccc43)=CC2)c(N2CC3(CCOCC3)C2)n1. The molecule has 2 aromatic heterocycles. The van der Waals surface area contributed by atoms with Gasteiger partial charge in [-0.15, -0.1) is 11.3 Å². The van der Waals surface area contributed by atoms with Crippen LogP contribution in [0.4, 0.5) is 25.7 Å². The lowest BCUT2D eigenvalue weighted by molar-refractivity contribution is -0.114. The number of anilines is 3. The molecular weight excluding hydrogens is 670 g/mol. The highest BCUT2D eigenvalue weighted by Gasteiger charge is 2.45. The second kappa shape index (κ2) is 13.2. The number of ether oxygens (including phenoxy) is 2. The molecule has 1 aliphatic carbocycles. The van der Waals surface area contributed by atoms with Gasteiger partial charge in [-0.3, -0.25) is 14.9 Å². The van der Waals surface area contributed by atoms with E-state index >= 15 is 4.39 Å². The quantitative estimate of drug-likeness (QED) is 0.288. The number of hydrogen-bond acceptors (Lipinski definition) is 8. The molecular formula is C39H44FN5O5S. The first-order valence-electron chi connectivity index (χ1n) is 17.5. The molecule has 3 aliphatic heterocycles. The molecule has 3 aromatic rings. The van der Waals surface area contributed by atoms with Crippen LogP contribution in [0.3, 0.4) is 0 Å². The molecule has 1 spiro atoms. The molecule has 0 saturated carbocycles. The van der Waals surface area contributed by atoms with E-state index in [4.69, 9.17) is 14.5 Å². The van der Waals surface area contributed by atoms with Crippen LogP contribution >= 0.6 is 11.3 Å². The highest BCUT2D eigenvalue weighted by molar-refractivity contribution is 7.19. The van der Waals surface area contributed by atoms with Gasteiger partial charge in [-0.05, 0) is 78.5 Å². The summed E-state index contributed by atoms with van der Waals surface area (Å²) in [6.45, 7) is 12.6. The van der Waals surface area contributed by atoms with E-state index in [2.05, 4.69) is 15.5 Å². The minimum atomic E-state index is -0.724. The van der Waals surface area contributed by atoms with Crippen LogP contribution in [0.25, 0.3) is 10.4 Å². The smallest absolute Gasteiger partial charge is 0.412 e. The second-order valence-electron chi connectivity index (χ2n) is 15.3. The fourth-order valence-electron chi connectivity index (χ4n) is 7.28. The van der Waals surface area contributed by atoms with Crippen molar-refractivity contribution in [3.63, 3.8) is 0 Å². The van der Waals surface area contributed by atoms with Crippen molar-refractivity contribution in [1.29, 1.82) is 0 Å². The largest absolute Gasteiger partial charge is 0.444 e. The summed E-state index contributed by atoms with van der Waals surface area (Å²) < 4.78 is 26.7. The number of nitrogens with one attached hydrogen (secondary N) is 2. The molecule has 1 aromatic carbocycles. The van der Waals surface area contributed by atoms with Crippen LogP contribution in [0, 0.1) is 18.2 Å². The first-order valence-corrected chi connectivity index (χ1v) is 18.3. The van der Waals surface area contributed by atoms with Gasteiger partial charge in [0, 0.05) is 65.5 Å². The lowest BCUT2D eigenvalue weighted by Gasteiger charge is -2.53. The third-order valence-electron chi connectivity index (χ3n) is 10.0. The number of para-hydroxylation sites is 1. The third kappa shape index (κ3) is 7.03. The Kier molecular flexibility index (Phi) is 9.03. The number of aromatic nitrogens is 1. The van der Waals surface area contributed by atoms with Crippen molar-refractivity contribution in [2.75, 3.05) is 48.0 Å². The third-order valence-corrected chi connectivity index (χ3v) is 11.2. The summed E-state index contributed by atoms with van der Waals surface area (Å²) in [5.41, 5.74) is 2.50. The summed E-state index contributed by atoms with van der Waals surface area (Å²) in [5.74, 6) is -0.232. The van der Waals surface area contributed by atoms with E-state index in [1.54, 1.807) is 31.7 Å². The first-order chi connectivity index (χ1) is 24.2. The summed E-state index contributed by atoms with van der Waals surface area (Å²) >= 11 is 1.13. The molecule has 0 radical (unpaired) electrons. The lowest BCUT2D eigenvalue weighted by atomic mass is 9.73. The number of aryl methyl sites for hydroxylation is 1. The fraction of sp³-hybridized carbons (Fsp3) is 0.436. The highest BCUT2D eigenvalue weighted by Crippen LogP contribution is 2.46. The molecule has 1 unspecified atom stereocenters. The van der Waals surface area contributed by atoms with Gasteiger partial charge in [0.1, 0.15) is 16.4 Å². The number of fused-ring (bicyclic) bond motifs is 3. The van der Waals surface area contributed by atoms with Gasteiger partial charge < -0.3 is 24.6 Å². The summed E-state index contributed by atoms with van der Waals surface area (Å²) in [6, 6.07) is 11.1. The fourth-order valence-corrected chi connectivity index (χ4v) is 8.43. The number of carbonyl (C=O) groups excluding carboxylic acids is 3. The van der Waals surface area contributed by atoms with E-state index in [1.165, 1.54) is 0 Å². The molecule has 7 rings (SSSR count). The van der Waals surface area contributed by atoms with Crippen LogP contribution in [0.1, 0.15) is 68.6 Å². The number of carbonyl (C=O) groups is 3. The Balaban J connectivity index is 1.05. The predicted molar refractivity (Wildman–Crippen MR) is 197 cm³/mol. The molecule has 5 heterocycles. The number of pyridine rings is 1. The normalized spacial score (nSPS) is 20.8. The van der Waals surface area contributed by atoms with Gasteiger partial charge in [-0.1, -0.05) is 36.4 Å². The number of nitrogens with zero attached hydrogens (tertiary/aromatic N) is 3. The minimum absolute atomic E-state index is 0.0877. The molecule has 0 bridgehead atoms. The average Bonchev–Trinajstić information content (AvgIpc) is 3.26. The molecule has 2 N–H and O–H groups in total. The van der Waals surface area contributed by atoms with Crippen molar-refractivity contribution in [3.8, 4) is 10.4 Å². The molecule has 51 heavy (non-hydrogen) atoms. The maximum atomic E-state index is 15.7. The van der Waals surface area contributed by atoms with Gasteiger partial charge in [-0.25, -0.2) is 14.2 Å². The monoisotopic (exact) mass is 713 g/mol. The highest BCUT2D eigenvalue weighted by atomic mass is 32.1. The molecule has 2 saturated heterocycles. The first kappa shape index (κ1) is 34.9. The Morgan fingerprint density at radius 1 is 1.08 bits per heavy atom. The number of amides is 3. The van der Waals surface area contributed by atoms with E-state index in [1.807, 2.05) is 62.4 Å². The van der Waals surface area contributed by atoms with Crippen molar-refractivity contribution < 1.29 is 28.2 Å². The van der Waals surface area contributed by atoms with Crippen LogP contribution in [-0.2, 0) is 20.7 Å². The summed E-state index contributed by atoms with van der Waals surface area (Å²) in [5, 5.41) is 5.85. The van der Waals surface area contributed by atoms with Crippen LogP contribution in [0.2, 0.25) is 0 Å². The van der Waals surface area contributed by atoms with E-state index < -0.39 is 23.1 Å². The molecule has 2 fully saturated rings. The van der Waals surface area contributed by atoms with Gasteiger partial charge in [0.2, 0.25) is 0 Å². The summed E-state index contributed by atoms with van der Waals surface area (Å²) in [6.07, 6.45) is 7.48. The zero-order chi connectivity index (χ0) is 36.1. The van der Waals surface area contributed by atoms with Gasteiger partial charge in [0.15, 0.2) is 5.82 Å². The van der Waals surface area contributed by atoms with Gasteiger partial charge >= 0.3 is 6.09 Å². The van der Waals surface area contributed by atoms with Crippen molar-refractivity contribution >= 4 is 45.8 Å². The zero-order valence-corrected chi connectivity index (χ0v) is 30.5. The van der Waals surface area contributed by atoms with Crippen LogP contribution in [-0.4, -0.2) is 66.9 Å². The van der Waals surface area contributed by atoms with E-state index in [-0.39, 0.29) is 35.2 Å². The van der Waals surface area contributed by atoms with Crippen molar-refractivity contribution in [2.24, 2.45) is 5.41 Å². The molecule has 268 valence electrons. The van der Waals surface area contributed by atoms with E-state index in [0.29, 0.717) is 45.1 Å². The molecule has 4 aliphatic rings. The standard InChI is InChI=1S/C39H44FN5O5S/c1-24-10-11-28(32(41-24)44-22-39(23-44)17-20-49-21-18-39)33(46)43-38(5)15-12-25(13-16-38)35(47)45-19-14-27-30(40)34(42-36(48)50-37(2,3)4)51-31(27)26-8-6-7-9-29(26)45/h6-13,15H,14,16-23H2,1-5H3,(H,42,48)(H,43,46). The number of hydrogen-bond donors (Lipinski definition) is 2. The van der Waals surface area contributed by atoms with Crippen LogP contribution in [0.15, 0.2) is 60.2 Å².